The van der Waals surface area contributed by atoms with Gasteiger partial charge in [-0.2, -0.15) is 19.7 Å². The molecule has 0 unspecified atom stereocenters. The highest BCUT2D eigenvalue weighted by Crippen LogP contribution is 2.18. The highest BCUT2D eigenvalue weighted by atomic mass is 15.4. The van der Waals surface area contributed by atoms with E-state index in [1.54, 1.807) is 19.3 Å². The Hall–Kier alpha value is -2.70. The second kappa shape index (κ2) is 3.66. The van der Waals surface area contributed by atoms with Crippen molar-refractivity contribution in [3.63, 3.8) is 0 Å². The van der Waals surface area contributed by atoms with Gasteiger partial charge in [0.2, 0.25) is 0 Å². The van der Waals surface area contributed by atoms with Crippen LogP contribution in [0.2, 0.25) is 0 Å². The highest BCUT2D eigenvalue weighted by molar-refractivity contribution is 5.75. The van der Waals surface area contributed by atoms with Gasteiger partial charge in [-0.1, -0.05) is 0 Å². The summed E-state index contributed by atoms with van der Waals surface area (Å²) in [6.45, 7) is 1.77. The van der Waals surface area contributed by atoms with E-state index in [9.17, 15) is 0 Å². The number of nitrogen functional groups attached to an aromatic ring is 2. The Morgan fingerprint density at radius 3 is 2.61 bits per heavy atom. The molecule has 0 aliphatic rings. The molecule has 0 aromatic carbocycles. The lowest BCUT2D eigenvalue weighted by molar-refractivity contribution is 0.825. The normalized spacial score (nSPS) is 10.9. The molecule has 0 aliphatic heterocycles. The summed E-state index contributed by atoms with van der Waals surface area (Å²) in [5.41, 5.74) is 12.9. The zero-order valence-electron chi connectivity index (χ0n) is 9.70. The average Bonchev–Trinajstić information content (AvgIpc) is 2.79. The molecule has 3 rings (SSSR count). The SMILES string of the molecule is Cc1c(N)nc(-n2ncc3cccnc32)nc1N. The van der Waals surface area contributed by atoms with Gasteiger partial charge in [0.15, 0.2) is 5.65 Å². The predicted molar refractivity (Wildman–Crippen MR) is 68.0 cm³/mol. The van der Waals surface area contributed by atoms with Crippen LogP contribution in [0.4, 0.5) is 11.6 Å². The van der Waals surface area contributed by atoms with Crippen LogP contribution in [-0.4, -0.2) is 24.7 Å². The summed E-state index contributed by atoms with van der Waals surface area (Å²) in [5.74, 6) is 1.01. The largest absolute Gasteiger partial charge is 0.383 e. The van der Waals surface area contributed by atoms with E-state index in [1.807, 2.05) is 12.1 Å². The summed E-state index contributed by atoms with van der Waals surface area (Å²) in [6.07, 6.45) is 3.37. The van der Waals surface area contributed by atoms with Gasteiger partial charge in [0, 0.05) is 17.1 Å². The first-order chi connectivity index (χ1) is 8.66. The molecular formula is C11H11N7. The number of nitrogens with zero attached hydrogens (tertiary/aromatic N) is 5. The molecular weight excluding hydrogens is 230 g/mol. The Kier molecular flexibility index (Phi) is 2.12. The van der Waals surface area contributed by atoms with Crippen LogP contribution < -0.4 is 11.5 Å². The first-order valence-corrected chi connectivity index (χ1v) is 5.35. The first kappa shape index (κ1) is 10.5. The van der Waals surface area contributed by atoms with E-state index in [4.69, 9.17) is 11.5 Å². The molecule has 0 amide bonds. The van der Waals surface area contributed by atoms with Crippen LogP contribution in [0.5, 0.6) is 0 Å². The van der Waals surface area contributed by atoms with Gasteiger partial charge in [-0.15, -0.1) is 0 Å². The smallest absolute Gasteiger partial charge is 0.256 e. The van der Waals surface area contributed by atoms with Crippen LogP contribution in [0, 0.1) is 6.92 Å². The van der Waals surface area contributed by atoms with Crippen LogP contribution in [0.15, 0.2) is 24.5 Å². The van der Waals surface area contributed by atoms with Gasteiger partial charge in [0.25, 0.3) is 5.95 Å². The molecule has 0 fully saturated rings. The van der Waals surface area contributed by atoms with E-state index >= 15 is 0 Å². The minimum Gasteiger partial charge on any atom is -0.383 e. The van der Waals surface area contributed by atoms with Gasteiger partial charge in [-0.05, 0) is 19.1 Å². The Morgan fingerprint density at radius 1 is 1.17 bits per heavy atom. The van der Waals surface area contributed by atoms with Crippen molar-refractivity contribution in [3.8, 4) is 5.95 Å². The number of hydrogen-bond acceptors (Lipinski definition) is 6. The second-order valence-electron chi connectivity index (χ2n) is 3.89. The van der Waals surface area contributed by atoms with Crippen LogP contribution in [0.1, 0.15) is 5.56 Å². The number of pyridine rings is 1. The molecule has 7 nitrogen and oxygen atoms in total. The molecule has 0 atom stereocenters. The molecule has 0 spiro atoms. The third-order valence-corrected chi connectivity index (χ3v) is 2.73. The molecule has 3 aromatic heterocycles. The maximum absolute atomic E-state index is 5.78. The third-order valence-electron chi connectivity index (χ3n) is 2.73. The molecule has 0 aliphatic carbocycles. The Morgan fingerprint density at radius 2 is 1.89 bits per heavy atom. The number of fused-ring (bicyclic) bond motifs is 1. The van der Waals surface area contributed by atoms with Gasteiger partial charge in [0.05, 0.1) is 6.20 Å². The minimum absolute atomic E-state index is 0.323. The fourth-order valence-corrected chi connectivity index (χ4v) is 1.64. The zero-order chi connectivity index (χ0) is 12.7. The van der Waals surface area contributed by atoms with Crippen molar-refractivity contribution in [1.82, 2.24) is 24.7 Å². The summed E-state index contributed by atoms with van der Waals surface area (Å²) in [5, 5.41) is 5.10. The summed E-state index contributed by atoms with van der Waals surface area (Å²) in [7, 11) is 0. The van der Waals surface area contributed by atoms with Crippen LogP contribution in [0.25, 0.3) is 17.0 Å². The quantitative estimate of drug-likeness (QED) is 0.648. The molecule has 90 valence electrons. The van der Waals surface area contributed by atoms with Crippen molar-refractivity contribution in [2.75, 3.05) is 11.5 Å². The Labute approximate surface area is 102 Å². The highest BCUT2D eigenvalue weighted by Gasteiger charge is 2.11. The second-order valence-corrected chi connectivity index (χ2v) is 3.89. The summed E-state index contributed by atoms with van der Waals surface area (Å²) >= 11 is 0. The van der Waals surface area contributed by atoms with E-state index in [2.05, 4.69) is 20.1 Å². The molecule has 0 bridgehead atoms. The van der Waals surface area contributed by atoms with Crippen LogP contribution in [0.3, 0.4) is 0 Å². The first-order valence-electron chi connectivity index (χ1n) is 5.35. The van der Waals surface area contributed by atoms with Gasteiger partial charge >= 0.3 is 0 Å². The number of rotatable bonds is 1. The van der Waals surface area contributed by atoms with Crippen molar-refractivity contribution >= 4 is 22.7 Å². The van der Waals surface area contributed by atoms with E-state index in [0.29, 0.717) is 28.8 Å². The Bertz CT molecular complexity index is 708. The average molecular weight is 241 g/mol. The van der Waals surface area contributed by atoms with E-state index in [-0.39, 0.29) is 0 Å². The number of anilines is 2. The molecule has 3 heterocycles. The topological polar surface area (TPSA) is 109 Å². The van der Waals surface area contributed by atoms with E-state index < -0.39 is 0 Å². The molecule has 0 saturated heterocycles. The fraction of sp³-hybridized carbons (Fsp3) is 0.0909. The van der Waals surface area contributed by atoms with Crippen LogP contribution in [-0.2, 0) is 0 Å². The van der Waals surface area contributed by atoms with Gasteiger partial charge < -0.3 is 11.5 Å². The summed E-state index contributed by atoms with van der Waals surface area (Å²) < 4.78 is 1.52. The van der Waals surface area contributed by atoms with Crippen molar-refractivity contribution < 1.29 is 0 Å². The van der Waals surface area contributed by atoms with Gasteiger partial charge in [-0.3, -0.25) is 0 Å². The standard InChI is InChI=1S/C11H11N7/c1-6-8(12)16-11(17-9(6)13)18-10-7(5-15-18)3-2-4-14-10/h2-5H,1H3,(H4,12,13,16,17). The van der Waals surface area contributed by atoms with Gasteiger partial charge in [0.1, 0.15) is 11.6 Å². The lowest BCUT2D eigenvalue weighted by atomic mass is 10.3. The Balaban J connectivity index is 2.26. The minimum atomic E-state index is 0.323. The number of hydrogen-bond donors (Lipinski definition) is 2. The van der Waals surface area contributed by atoms with E-state index in [0.717, 1.165) is 5.39 Å². The predicted octanol–water partition coefficient (Wildman–Crippen LogP) is 0.683. The molecule has 18 heavy (non-hydrogen) atoms. The lowest BCUT2D eigenvalue weighted by Gasteiger charge is -2.06. The summed E-state index contributed by atoms with van der Waals surface area (Å²) in [6, 6.07) is 3.75. The number of aromatic nitrogens is 5. The van der Waals surface area contributed by atoms with Crippen molar-refractivity contribution in [2.45, 2.75) is 6.92 Å². The molecule has 7 heteroatoms. The van der Waals surface area contributed by atoms with Crippen LogP contribution >= 0.6 is 0 Å². The molecule has 0 saturated carbocycles. The van der Waals surface area contributed by atoms with Crippen molar-refractivity contribution in [1.29, 1.82) is 0 Å². The molecule has 0 radical (unpaired) electrons. The fourth-order valence-electron chi connectivity index (χ4n) is 1.64. The summed E-state index contributed by atoms with van der Waals surface area (Å²) in [4.78, 5) is 12.6. The maximum atomic E-state index is 5.78. The molecule has 4 N–H and O–H groups in total. The monoisotopic (exact) mass is 241 g/mol. The van der Waals surface area contributed by atoms with Crippen molar-refractivity contribution in [2.24, 2.45) is 0 Å². The van der Waals surface area contributed by atoms with Crippen molar-refractivity contribution in [3.05, 3.63) is 30.1 Å². The molecule has 3 aromatic rings. The van der Waals surface area contributed by atoms with E-state index in [1.165, 1.54) is 4.68 Å². The third kappa shape index (κ3) is 1.45. The maximum Gasteiger partial charge on any atom is 0.256 e. The van der Waals surface area contributed by atoms with Gasteiger partial charge in [-0.25, -0.2) is 4.98 Å². The number of nitrogens with two attached hydrogens (primary N) is 2. The lowest BCUT2D eigenvalue weighted by Crippen LogP contribution is -2.10. The zero-order valence-corrected chi connectivity index (χ0v) is 9.70.